The van der Waals surface area contributed by atoms with Crippen LogP contribution in [0.15, 0.2) is 60.7 Å². The Bertz CT molecular complexity index is 2100. The minimum atomic E-state index is -1.52. The van der Waals surface area contributed by atoms with Crippen molar-refractivity contribution in [3.8, 4) is 0 Å². The fourth-order valence-electron chi connectivity index (χ4n) is 11.4. The molecule has 14 nitrogen and oxygen atoms in total. The molecule has 0 spiro atoms. The number of hydroxylamine groups is 2. The number of benzene rings is 2. The molecule has 4 saturated heterocycles. The Morgan fingerprint density at radius 2 is 1.66 bits per heavy atom. The lowest BCUT2D eigenvalue weighted by Crippen LogP contribution is -2.70. The maximum Gasteiger partial charge on any atom is 0.327 e. The van der Waals surface area contributed by atoms with Crippen LogP contribution in [0.3, 0.4) is 0 Å². The van der Waals surface area contributed by atoms with Crippen LogP contribution in [0.4, 0.5) is 0 Å². The predicted molar refractivity (Wildman–Crippen MR) is 254 cm³/mol. The number of esters is 2. The molecule has 2 saturated carbocycles. The van der Waals surface area contributed by atoms with E-state index in [9.17, 15) is 19.5 Å². The average molecular weight is 942 g/mol. The van der Waals surface area contributed by atoms with Gasteiger partial charge in [0.25, 0.3) is 0 Å². The zero-order chi connectivity index (χ0) is 48.2. The molecule has 6 fully saturated rings. The highest BCUT2D eigenvalue weighted by atomic mass is 16.8. The van der Waals surface area contributed by atoms with E-state index in [2.05, 4.69) is 43.4 Å². The molecule has 3 unspecified atom stereocenters. The first-order valence-corrected chi connectivity index (χ1v) is 25.5. The molecule has 2 aliphatic carbocycles. The van der Waals surface area contributed by atoms with Gasteiger partial charge < -0.3 is 39.0 Å². The van der Waals surface area contributed by atoms with Crippen LogP contribution < -0.4 is 5.32 Å². The summed E-state index contributed by atoms with van der Waals surface area (Å²) in [6, 6.07) is 14.5. The van der Waals surface area contributed by atoms with Crippen LogP contribution in [-0.2, 0) is 60.7 Å². The quantitative estimate of drug-likeness (QED) is 0.0685. The molecule has 6 aliphatic rings. The Hall–Kier alpha value is -4.18. The highest BCUT2D eigenvalue weighted by Crippen LogP contribution is 2.58. The Labute approximate surface area is 402 Å². The van der Waals surface area contributed by atoms with Crippen LogP contribution in [0.25, 0.3) is 6.08 Å². The van der Waals surface area contributed by atoms with E-state index in [1.807, 2.05) is 42.5 Å². The van der Waals surface area contributed by atoms with Crippen molar-refractivity contribution in [1.82, 2.24) is 15.3 Å². The molecular weight excluding hydrogens is 867 g/mol. The number of epoxide rings is 1. The number of hydrogen-bond acceptors (Lipinski definition) is 12. The molecule has 372 valence electrons. The first kappa shape index (κ1) is 50.2. The van der Waals surface area contributed by atoms with Gasteiger partial charge in [0.05, 0.1) is 31.4 Å². The highest BCUT2D eigenvalue weighted by molar-refractivity contribution is 5.96. The molecule has 0 radical (unpaired) electrons. The molecule has 0 aromatic heterocycles. The number of aliphatic hydroxyl groups excluding tert-OH is 1. The van der Waals surface area contributed by atoms with Gasteiger partial charge in [0, 0.05) is 39.2 Å². The fraction of sp³-hybridized carbons (Fsp3) is 0.667. The summed E-state index contributed by atoms with van der Waals surface area (Å²) in [5, 5.41) is 15.0. The monoisotopic (exact) mass is 942 g/mol. The van der Waals surface area contributed by atoms with Crippen LogP contribution in [0, 0.1) is 11.3 Å². The second-order valence-electron chi connectivity index (χ2n) is 21.2. The summed E-state index contributed by atoms with van der Waals surface area (Å²) < 4.78 is 31.8. The Kier molecular flexibility index (Phi) is 15.8. The van der Waals surface area contributed by atoms with Crippen molar-refractivity contribution in [3.63, 3.8) is 0 Å². The Morgan fingerprint density at radius 1 is 0.941 bits per heavy atom. The van der Waals surface area contributed by atoms with Crippen molar-refractivity contribution >= 4 is 29.8 Å². The molecule has 4 aliphatic heterocycles. The van der Waals surface area contributed by atoms with Crippen LogP contribution in [0.5, 0.6) is 0 Å². The van der Waals surface area contributed by atoms with Gasteiger partial charge in [-0.3, -0.25) is 24.0 Å². The maximum absolute atomic E-state index is 16.0. The zero-order valence-electron chi connectivity index (χ0n) is 41.1. The summed E-state index contributed by atoms with van der Waals surface area (Å²) in [6.45, 7) is 9.42. The van der Waals surface area contributed by atoms with E-state index in [0.717, 1.165) is 74.5 Å². The number of likely N-dealkylation sites (N-methyl/N-ethyl adjacent to an activating group) is 1. The number of ether oxygens (including phenoxy) is 5. The van der Waals surface area contributed by atoms with E-state index in [1.54, 1.807) is 32.9 Å². The number of amides is 2. The Morgan fingerprint density at radius 3 is 2.35 bits per heavy atom. The summed E-state index contributed by atoms with van der Waals surface area (Å²) in [6.07, 6.45) is 12.9. The first-order valence-electron chi connectivity index (χ1n) is 25.5. The summed E-state index contributed by atoms with van der Waals surface area (Å²) in [4.78, 5) is 66.5. The van der Waals surface area contributed by atoms with Gasteiger partial charge in [0.15, 0.2) is 11.8 Å². The van der Waals surface area contributed by atoms with E-state index in [1.165, 1.54) is 4.90 Å². The van der Waals surface area contributed by atoms with Gasteiger partial charge in [-0.1, -0.05) is 106 Å². The number of nitrogens with zero attached hydrogens (tertiary/aromatic N) is 2. The lowest BCUT2D eigenvalue weighted by Gasteiger charge is -2.50. The van der Waals surface area contributed by atoms with Crippen molar-refractivity contribution < 1.29 is 52.8 Å². The number of carbonyl (C=O) groups is 4. The van der Waals surface area contributed by atoms with E-state index >= 15 is 4.79 Å². The SMILES string of the molecule is CCCCCC1(CCCCC)O[C@@H]2[C@H](O1)[C@H]1ON(Cc3cccc(C=CC4CCC5OC5C4)c3)[C@H]3C(=O)O[C@@H]2C[C@@]13C(=O)N(C)[C@H](Cc1ccccc1)C(=O)N[C@H](CO)CCC(=O)OC(C)(C)C. The molecule has 2 N–H and O–H groups in total. The second kappa shape index (κ2) is 21.4. The second-order valence-corrected chi connectivity index (χ2v) is 21.2. The Balaban J connectivity index is 1.11. The van der Waals surface area contributed by atoms with Crippen LogP contribution >= 0.6 is 0 Å². The third-order valence-corrected chi connectivity index (χ3v) is 14.9. The highest BCUT2D eigenvalue weighted by Gasteiger charge is 2.76. The molecule has 11 atom stereocenters. The van der Waals surface area contributed by atoms with Gasteiger partial charge in [-0.25, -0.2) is 0 Å². The molecule has 4 heterocycles. The number of nitrogens with one attached hydrogen (secondary N) is 1. The van der Waals surface area contributed by atoms with E-state index in [-0.39, 0.29) is 32.2 Å². The van der Waals surface area contributed by atoms with Crippen molar-refractivity contribution in [3.05, 3.63) is 77.4 Å². The van der Waals surface area contributed by atoms with Gasteiger partial charge in [-0.2, -0.15) is 5.06 Å². The van der Waals surface area contributed by atoms with E-state index in [4.69, 9.17) is 28.5 Å². The standard InChI is InChI=1S/C54H75N3O11/c1-7-9-14-27-53(28-15-10-8-2)66-45-43-32-54(51(62)56(6)40(30-35-17-12-11-13-18-35)49(60)55-39(34-58)24-26-44(59)65-52(3,4)5)47(50(61)64-43)57(68-48(54)46(45)67-53)33-38-20-16-19-36(29-38)21-22-37-23-25-41-42(31-37)63-41/h11-13,16-22,29,37,39-43,45-48,58H,7-10,14-15,23-28,30-34H2,1-6H3,(H,55,60)/t37?,39-,40+,41?,42?,43+,45-,46-,47-,48+,54-/m0/s1. The number of rotatable bonds is 22. The molecule has 8 rings (SSSR count). The number of aliphatic hydroxyl groups is 1. The molecule has 2 bridgehead atoms. The molecule has 68 heavy (non-hydrogen) atoms. The zero-order valence-corrected chi connectivity index (χ0v) is 41.1. The summed E-state index contributed by atoms with van der Waals surface area (Å²) in [5.74, 6) is -2.46. The summed E-state index contributed by atoms with van der Waals surface area (Å²) >= 11 is 0. The summed E-state index contributed by atoms with van der Waals surface area (Å²) in [5.41, 5.74) is 0.513. The smallest absolute Gasteiger partial charge is 0.327 e. The van der Waals surface area contributed by atoms with E-state index < -0.39 is 89.7 Å². The third kappa shape index (κ3) is 11.2. The topological polar surface area (TPSA) is 166 Å². The molecule has 14 heteroatoms. The van der Waals surface area contributed by atoms with Crippen molar-refractivity contribution in [1.29, 1.82) is 0 Å². The number of hydrogen-bond donors (Lipinski definition) is 2. The third-order valence-electron chi connectivity index (χ3n) is 14.9. The maximum atomic E-state index is 16.0. The molecule has 2 amide bonds. The summed E-state index contributed by atoms with van der Waals surface area (Å²) in [7, 11) is 1.60. The van der Waals surface area contributed by atoms with Crippen molar-refractivity contribution in [2.75, 3.05) is 13.7 Å². The van der Waals surface area contributed by atoms with E-state index in [0.29, 0.717) is 31.0 Å². The van der Waals surface area contributed by atoms with Crippen molar-refractivity contribution in [2.24, 2.45) is 11.3 Å². The van der Waals surface area contributed by atoms with Crippen molar-refractivity contribution in [2.45, 2.75) is 204 Å². The number of unbranched alkanes of at least 4 members (excludes halogenated alkanes) is 4. The molecular formula is C54H75N3O11. The van der Waals surface area contributed by atoms with Crippen LogP contribution in [-0.4, -0.2) is 119 Å². The molecule has 2 aromatic carbocycles. The van der Waals surface area contributed by atoms with Crippen LogP contribution in [0.1, 0.15) is 141 Å². The predicted octanol–water partition coefficient (Wildman–Crippen LogP) is 7.38. The average Bonchev–Trinajstić information content (AvgIpc) is 3.86. The number of carbonyl (C=O) groups excluding carboxylic acids is 4. The van der Waals surface area contributed by atoms with Gasteiger partial charge >= 0.3 is 11.9 Å². The minimum Gasteiger partial charge on any atom is -0.460 e. The normalized spacial score (nSPS) is 30.0. The lowest BCUT2D eigenvalue weighted by atomic mass is 9.62. The number of fused-ring (bicyclic) bond motifs is 5. The fourth-order valence-corrected chi connectivity index (χ4v) is 11.4. The minimum absolute atomic E-state index is 0.0248. The lowest BCUT2D eigenvalue weighted by molar-refractivity contribution is -0.225. The van der Waals surface area contributed by atoms with Crippen LogP contribution in [0.2, 0.25) is 0 Å². The van der Waals surface area contributed by atoms with Gasteiger partial charge in [-0.15, -0.1) is 0 Å². The van der Waals surface area contributed by atoms with Gasteiger partial charge in [0.1, 0.15) is 41.5 Å². The largest absolute Gasteiger partial charge is 0.460 e. The first-order chi connectivity index (χ1) is 32.7. The van der Waals surface area contributed by atoms with Gasteiger partial charge in [0.2, 0.25) is 11.8 Å². The molecule has 2 aromatic rings. The van der Waals surface area contributed by atoms with Gasteiger partial charge in [-0.05, 0) is 81.9 Å². The number of allylic oxidation sites excluding steroid dienone is 1.